The first kappa shape index (κ1) is 13.7. The Hall–Kier alpha value is -0.770. The van der Waals surface area contributed by atoms with Gasteiger partial charge in [0.2, 0.25) is 0 Å². The summed E-state index contributed by atoms with van der Waals surface area (Å²) >= 11 is 5.99. The summed E-state index contributed by atoms with van der Waals surface area (Å²) in [4.78, 5) is 0. The van der Waals surface area contributed by atoms with E-state index in [4.69, 9.17) is 16.3 Å². The van der Waals surface area contributed by atoms with Crippen molar-refractivity contribution in [2.24, 2.45) is 0 Å². The molecule has 1 fully saturated rings. The van der Waals surface area contributed by atoms with Crippen LogP contribution in [-0.2, 0) is 6.42 Å². The number of hydrogen-bond acceptors (Lipinski definition) is 3. The Morgan fingerprint density at radius 1 is 1.50 bits per heavy atom. The zero-order chi connectivity index (χ0) is 13.0. The predicted molar refractivity (Wildman–Crippen MR) is 73.4 cm³/mol. The van der Waals surface area contributed by atoms with Crippen LogP contribution in [-0.4, -0.2) is 30.9 Å². The van der Waals surface area contributed by atoms with Crippen molar-refractivity contribution >= 4 is 11.6 Å². The SMILES string of the molecule is COc1ccc(Cl)cc1CC(O)C1CCCCN1. The molecule has 1 aromatic rings. The second kappa shape index (κ2) is 6.41. The molecular weight excluding hydrogens is 250 g/mol. The van der Waals surface area contributed by atoms with Crippen LogP contribution in [0.5, 0.6) is 5.75 Å². The Labute approximate surface area is 113 Å². The smallest absolute Gasteiger partial charge is 0.122 e. The van der Waals surface area contributed by atoms with Gasteiger partial charge in [-0.05, 0) is 43.1 Å². The van der Waals surface area contributed by atoms with E-state index in [1.165, 1.54) is 12.8 Å². The van der Waals surface area contributed by atoms with E-state index in [1.807, 2.05) is 12.1 Å². The van der Waals surface area contributed by atoms with Crippen LogP contribution in [0.25, 0.3) is 0 Å². The van der Waals surface area contributed by atoms with Gasteiger partial charge in [0.25, 0.3) is 0 Å². The lowest BCUT2D eigenvalue weighted by atomic mass is 9.95. The normalized spacial score (nSPS) is 21.6. The highest BCUT2D eigenvalue weighted by molar-refractivity contribution is 6.30. The molecule has 4 heteroatoms. The summed E-state index contributed by atoms with van der Waals surface area (Å²) in [5.41, 5.74) is 0.963. The number of aliphatic hydroxyl groups excluding tert-OH is 1. The minimum absolute atomic E-state index is 0.183. The van der Waals surface area contributed by atoms with Gasteiger partial charge in [0.05, 0.1) is 13.2 Å². The average molecular weight is 270 g/mol. The second-order valence-electron chi connectivity index (χ2n) is 4.78. The van der Waals surface area contributed by atoms with E-state index in [1.54, 1.807) is 13.2 Å². The Morgan fingerprint density at radius 3 is 3.00 bits per heavy atom. The van der Waals surface area contributed by atoms with Gasteiger partial charge in [-0.3, -0.25) is 0 Å². The molecule has 1 aromatic carbocycles. The van der Waals surface area contributed by atoms with Crippen molar-refractivity contribution in [3.05, 3.63) is 28.8 Å². The molecule has 0 aliphatic carbocycles. The van der Waals surface area contributed by atoms with Crippen LogP contribution >= 0.6 is 11.6 Å². The van der Waals surface area contributed by atoms with Crippen molar-refractivity contribution in [1.82, 2.24) is 5.32 Å². The van der Waals surface area contributed by atoms with E-state index in [-0.39, 0.29) is 6.04 Å². The third-order valence-corrected chi connectivity index (χ3v) is 3.72. The molecule has 1 saturated heterocycles. The van der Waals surface area contributed by atoms with Gasteiger partial charge in [0.15, 0.2) is 0 Å². The Kier molecular flexibility index (Phi) is 4.87. The molecule has 0 spiro atoms. The van der Waals surface area contributed by atoms with E-state index < -0.39 is 6.10 Å². The molecule has 1 heterocycles. The second-order valence-corrected chi connectivity index (χ2v) is 5.22. The highest BCUT2D eigenvalue weighted by Crippen LogP contribution is 2.25. The summed E-state index contributed by atoms with van der Waals surface area (Å²) in [5, 5.41) is 14.3. The molecule has 18 heavy (non-hydrogen) atoms. The van der Waals surface area contributed by atoms with Gasteiger partial charge >= 0.3 is 0 Å². The molecule has 0 aromatic heterocycles. The van der Waals surface area contributed by atoms with E-state index in [0.29, 0.717) is 11.4 Å². The third-order valence-electron chi connectivity index (χ3n) is 3.48. The van der Waals surface area contributed by atoms with E-state index >= 15 is 0 Å². The number of nitrogens with one attached hydrogen (secondary N) is 1. The van der Waals surface area contributed by atoms with E-state index in [2.05, 4.69) is 5.32 Å². The van der Waals surface area contributed by atoms with Crippen molar-refractivity contribution in [1.29, 1.82) is 0 Å². The maximum Gasteiger partial charge on any atom is 0.122 e. The minimum atomic E-state index is -0.391. The Bertz CT molecular complexity index is 391. The van der Waals surface area contributed by atoms with Crippen LogP contribution in [0.2, 0.25) is 5.02 Å². The Balaban J connectivity index is 2.05. The molecule has 2 unspecified atom stereocenters. The summed E-state index contributed by atoms with van der Waals surface area (Å²) in [5.74, 6) is 0.786. The lowest BCUT2D eigenvalue weighted by Crippen LogP contribution is -2.44. The highest BCUT2D eigenvalue weighted by atomic mass is 35.5. The monoisotopic (exact) mass is 269 g/mol. The molecule has 0 saturated carbocycles. The quantitative estimate of drug-likeness (QED) is 0.882. The van der Waals surface area contributed by atoms with Gasteiger partial charge in [0.1, 0.15) is 5.75 Å². The standard InChI is InChI=1S/C14H20ClNO2/c1-18-14-6-5-11(15)8-10(14)9-13(17)12-4-2-3-7-16-12/h5-6,8,12-13,16-17H,2-4,7,9H2,1H3. The topological polar surface area (TPSA) is 41.5 Å². The number of hydrogen-bond donors (Lipinski definition) is 2. The predicted octanol–water partition coefficient (Wildman–Crippen LogP) is 2.39. The van der Waals surface area contributed by atoms with Gasteiger partial charge in [-0.25, -0.2) is 0 Å². The summed E-state index contributed by atoms with van der Waals surface area (Å²) in [6, 6.07) is 5.70. The number of halogens is 1. The number of rotatable bonds is 4. The van der Waals surface area contributed by atoms with Gasteiger partial charge < -0.3 is 15.2 Å². The molecule has 2 rings (SSSR count). The van der Waals surface area contributed by atoms with Crippen molar-refractivity contribution < 1.29 is 9.84 Å². The highest BCUT2D eigenvalue weighted by Gasteiger charge is 2.22. The molecule has 1 aliphatic rings. The van der Waals surface area contributed by atoms with Crippen LogP contribution in [0.15, 0.2) is 18.2 Å². The fourth-order valence-electron chi connectivity index (χ4n) is 2.48. The first-order chi connectivity index (χ1) is 8.70. The maximum absolute atomic E-state index is 10.3. The third kappa shape index (κ3) is 3.37. The van der Waals surface area contributed by atoms with Crippen molar-refractivity contribution in [2.75, 3.05) is 13.7 Å². The van der Waals surface area contributed by atoms with Gasteiger partial charge in [0, 0.05) is 17.5 Å². The van der Waals surface area contributed by atoms with E-state index in [0.717, 1.165) is 24.3 Å². The molecule has 2 atom stereocenters. The molecule has 0 bridgehead atoms. The summed E-state index contributed by atoms with van der Waals surface area (Å²) < 4.78 is 5.30. The van der Waals surface area contributed by atoms with Crippen molar-refractivity contribution in [2.45, 2.75) is 37.8 Å². The molecule has 0 amide bonds. The molecular formula is C14H20ClNO2. The van der Waals surface area contributed by atoms with Crippen LogP contribution in [0.3, 0.4) is 0 Å². The van der Waals surface area contributed by atoms with Crippen LogP contribution in [0.1, 0.15) is 24.8 Å². The summed E-state index contributed by atoms with van der Waals surface area (Å²) in [6.07, 6.45) is 3.59. The zero-order valence-electron chi connectivity index (χ0n) is 10.7. The molecule has 100 valence electrons. The average Bonchev–Trinajstić information content (AvgIpc) is 2.40. The van der Waals surface area contributed by atoms with E-state index in [9.17, 15) is 5.11 Å². The molecule has 3 nitrogen and oxygen atoms in total. The molecule has 1 aliphatic heterocycles. The fraction of sp³-hybridized carbons (Fsp3) is 0.571. The number of ether oxygens (including phenoxy) is 1. The van der Waals surface area contributed by atoms with Crippen LogP contribution in [0, 0.1) is 0 Å². The van der Waals surface area contributed by atoms with Crippen molar-refractivity contribution in [3.63, 3.8) is 0 Å². The minimum Gasteiger partial charge on any atom is -0.496 e. The summed E-state index contributed by atoms with van der Waals surface area (Å²) in [6.45, 7) is 0.994. The van der Waals surface area contributed by atoms with Crippen LogP contribution < -0.4 is 10.1 Å². The van der Waals surface area contributed by atoms with Crippen molar-refractivity contribution in [3.8, 4) is 5.75 Å². The molecule has 0 radical (unpaired) electrons. The first-order valence-corrected chi connectivity index (χ1v) is 6.82. The summed E-state index contributed by atoms with van der Waals surface area (Å²) in [7, 11) is 1.64. The maximum atomic E-state index is 10.3. The number of benzene rings is 1. The zero-order valence-corrected chi connectivity index (χ0v) is 11.4. The first-order valence-electron chi connectivity index (χ1n) is 6.44. The largest absolute Gasteiger partial charge is 0.496 e. The van der Waals surface area contributed by atoms with Crippen LogP contribution in [0.4, 0.5) is 0 Å². The fourth-order valence-corrected chi connectivity index (χ4v) is 2.68. The Morgan fingerprint density at radius 2 is 2.33 bits per heavy atom. The van der Waals surface area contributed by atoms with Gasteiger partial charge in [-0.2, -0.15) is 0 Å². The number of aliphatic hydroxyl groups is 1. The lowest BCUT2D eigenvalue weighted by molar-refractivity contribution is 0.112. The number of methoxy groups -OCH3 is 1. The lowest BCUT2D eigenvalue weighted by Gasteiger charge is -2.28. The van der Waals surface area contributed by atoms with Gasteiger partial charge in [-0.15, -0.1) is 0 Å². The number of piperidine rings is 1. The molecule has 2 N–H and O–H groups in total. The van der Waals surface area contributed by atoms with Gasteiger partial charge in [-0.1, -0.05) is 18.0 Å².